The van der Waals surface area contributed by atoms with Gasteiger partial charge in [0.2, 0.25) is 0 Å². The molecule has 0 amide bonds. The molecule has 2 spiro atoms. The SMILES string of the molecule is C/C(=C\C=C\C(C)C1CCC2(C)C3CCC4C(C)(C)C(OC5OC(COC(=O)C6C(=O)OC(C)C6C)C(OC6OCC(OC7OC(C)C(O)C(OC8OC(CO)C(O)C(OC9OC(C)C(OC%10OC(CO)C(O)C(O)C%10O)C(O)C9O)C8O)C7O)C(O)C6O)C(O)C5O)CCC45CC35CCC12C)C(=O)O. The zero-order valence-electron chi connectivity index (χ0n) is 60.9. The Morgan fingerprint density at radius 2 is 1.06 bits per heavy atom. The summed E-state index contributed by atoms with van der Waals surface area (Å²) in [5.41, 5.74) is 0.239. The maximum Gasteiger partial charge on any atom is 0.331 e. The van der Waals surface area contributed by atoms with Crippen molar-refractivity contribution < 1.29 is 162 Å². The third kappa shape index (κ3) is 14.3. The molecule has 0 aromatic rings. The van der Waals surface area contributed by atoms with Gasteiger partial charge in [-0.05, 0) is 136 Å². The van der Waals surface area contributed by atoms with E-state index in [1.807, 2.05) is 6.08 Å². The summed E-state index contributed by atoms with van der Waals surface area (Å²) < 4.78 is 82.8. The Morgan fingerprint density at radius 1 is 0.524 bits per heavy atom. The summed E-state index contributed by atoms with van der Waals surface area (Å²) in [5.74, 6) is -3.10. The fourth-order valence-corrected chi connectivity index (χ4v) is 20.8. The van der Waals surface area contributed by atoms with E-state index in [0.717, 1.165) is 51.4 Å². The lowest BCUT2D eigenvalue weighted by molar-refractivity contribution is -0.391. The van der Waals surface area contributed by atoms with E-state index in [9.17, 15) is 96.1 Å². The fourth-order valence-electron chi connectivity index (χ4n) is 20.8. The highest BCUT2D eigenvalue weighted by molar-refractivity contribution is 5.96. The predicted octanol–water partition coefficient (Wildman–Crippen LogP) is -2.60. The number of carboxylic acid groups (broad SMARTS) is 1. The van der Waals surface area contributed by atoms with Crippen LogP contribution in [0.4, 0.5) is 0 Å². The number of rotatable bonds is 21. The summed E-state index contributed by atoms with van der Waals surface area (Å²) in [7, 11) is 0. The van der Waals surface area contributed by atoms with Gasteiger partial charge in [0.15, 0.2) is 43.7 Å². The molecule has 33 heteroatoms. The maximum atomic E-state index is 13.8. The number of aliphatic hydroxyl groups excluding tert-OH is 15. The smallest absolute Gasteiger partial charge is 0.331 e. The lowest BCUT2D eigenvalue weighted by Crippen LogP contribution is -2.67. The number of esters is 2. The second kappa shape index (κ2) is 31.1. The van der Waals surface area contributed by atoms with E-state index in [4.69, 9.17) is 66.3 Å². The van der Waals surface area contributed by atoms with Gasteiger partial charge in [-0.15, -0.1) is 0 Å². The normalized spacial score (nSPS) is 53.0. The molecule has 5 aliphatic carbocycles. The van der Waals surface area contributed by atoms with Gasteiger partial charge in [-0.1, -0.05) is 59.8 Å². The molecule has 598 valence electrons. The highest BCUT2D eigenvalue weighted by atomic mass is 16.8. The molecule has 0 radical (unpaired) electrons. The number of hydrogen-bond acceptors (Lipinski definition) is 32. The fraction of sp³-hybridized carbons (Fsp3) is 0.903. The van der Waals surface area contributed by atoms with Crippen LogP contribution in [0.15, 0.2) is 23.8 Å². The van der Waals surface area contributed by atoms with E-state index in [0.29, 0.717) is 18.3 Å². The van der Waals surface area contributed by atoms with Gasteiger partial charge in [0.1, 0.15) is 141 Å². The van der Waals surface area contributed by atoms with E-state index in [1.165, 1.54) is 13.8 Å². The highest BCUT2D eigenvalue weighted by Crippen LogP contribution is 2.89. The molecule has 7 aliphatic heterocycles. The van der Waals surface area contributed by atoms with Crippen molar-refractivity contribution in [3.8, 4) is 0 Å². The van der Waals surface area contributed by atoms with Crippen LogP contribution in [0.3, 0.4) is 0 Å². The van der Waals surface area contributed by atoms with E-state index in [-0.39, 0.29) is 39.1 Å². The molecular formula is C72H112O33. The lowest BCUT2D eigenvalue weighted by Gasteiger charge is -2.63. The Kier molecular flexibility index (Phi) is 24.1. The van der Waals surface area contributed by atoms with Gasteiger partial charge >= 0.3 is 17.9 Å². The van der Waals surface area contributed by atoms with E-state index in [1.54, 1.807) is 26.8 Å². The maximum absolute atomic E-state index is 13.8. The molecule has 12 rings (SSSR count). The Hall–Kier alpha value is -3.19. The van der Waals surface area contributed by atoms with E-state index >= 15 is 0 Å². The summed E-state index contributed by atoms with van der Waals surface area (Å²) >= 11 is 0. The highest BCUT2D eigenvalue weighted by Gasteiger charge is 2.82. The number of fused-ring (bicyclic) bond motifs is 2. The van der Waals surface area contributed by atoms with Crippen LogP contribution < -0.4 is 0 Å². The molecule has 12 fully saturated rings. The second-order valence-electron chi connectivity index (χ2n) is 33.2. The minimum Gasteiger partial charge on any atom is -0.478 e. The standard InChI is InChI=1S/C72H112O33/c1-27(12-11-13-28(2)59(88)89)33-16-18-70(10)39-15-14-38-68(7,8)40(17-19-71(38)26-72(39,71)21-20-69(33,70)9)101-64-52(85)48(81)56(37(100-64)25-92-60(90)41-29(3)30(4)94-61(41)91)103-62-49(82)44(77)36(24-93-62)99-66-53(86)57(42(75)31(5)95-66)104-67-54(87)58(45(78)35(23-74)98-67)105-63-51(84)47(80)55(32(6)96-63)102-65-50(83)46(79)43(76)34(22-73)97-65/h11-13,27,29-58,62-67,73-87H,14-26H2,1-10H3,(H,88,89)/b12-11+,28-13+. The van der Waals surface area contributed by atoms with Crippen LogP contribution in [0.25, 0.3) is 0 Å². The Morgan fingerprint density at radius 3 is 1.70 bits per heavy atom. The molecule has 0 bridgehead atoms. The van der Waals surface area contributed by atoms with Crippen LogP contribution in [0, 0.1) is 62.6 Å². The van der Waals surface area contributed by atoms with Crippen molar-refractivity contribution in [2.75, 3.05) is 26.4 Å². The molecule has 41 atom stereocenters. The summed E-state index contributed by atoms with van der Waals surface area (Å²) in [6.45, 7) is 16.2. The minimum atomic E-state index is -2.11. The van der Waals surface area contributed by atoms with Gasteiger partial charge in [0.25, 0.3) is 0 Å². The molecule has 33 nitrogen and oxygen atoms in total. The van der Waals surface area contributed by atoms with Gasteiger partial charge in [-0.3, -0.25) is 9.59 Å². The molecule has 0 aromatic heterocycles. The summed E-state index contributed by atoms with van der Waals surface area (Å²) in [5, 5.41) is 177. The summed E-state index contributed by atoms with van der Waals surface area (Å²) in [4.78, 5) is 38.2. The average Bonchev–Trinajstić information content (AvgIpc) is 1.46. The summed E-state index contributed by atoms with van der Waals surface area (Å²) in [6.07, 6.45) is -37.6. The van der Waals surface area contributed by atoms with Crippen LogP contribution in [0.1, 0.15) is 127 Å². The van der Waals surface area contributed by atoms with Crippen molar-refractivity contribution in [3.05, 3.63) is 23.8 Å². The zero-order chi connectivity index (χ0) is 76.4. The van der Waals surface area contributed by atoms with E-state index < -0.39 is 252 Å². The second-order valence-corrected chi connectivity index (χ2v) is 33.2. The largest absolute Gasteiger partial charge is 0.478 e. The number of aliphatic hydroxyl groups is 15. The predicted molar refractivity (Wildman–Crippen MR) is 352 cm³/mol. The number of carbonyl (C=O) groups excluding carboxylic acids is 2. The van der Waals surface area contributed by atoms with Crippen molar-refractivity contribution >= 4 is 17.9 Å². The molecular weight excluding hydrogens is 1390 g/mol. The first kappa shape index (κ1) is 81.3. The van der Waals surface area contributed by atoms with Crippen LogP contribution >= 0.6 is 0 Å². The van der Waals surface area contributed by atoms with E-state index in [2.05, 4.69) is 40.7 Å². The van der Waals surface area contributed by atoms with Crippen LogP contribution in [-0.4, -0.2) is 316 Å². The first-order chi connectivity index (χ1) is 49.4. The van der Waals surface area contributed by atoms with Crippen molar-refractivity contribution in [2.45, 2.75) is 317 Å². The molecule has 105 heavy (non-hydrogen) atoms. The van der Waals surface area contributed by atoms with Crippen LogP contribution in [0.5, 0.6) is 0 Å². The molecule has 16 N–H and O–H groups in total. The molecule has 41 unspecified atom stereocenters. The van der Waals surface area contributed by atoms with Crippen molar-refractivity contribution in [2.24, 2.45) is 62.6 Å². The number of carboxylic acids is 1. The summed E-state index contributed by atoms with van der Waals surface area (Å²) in [6, 6.07) is 0. The number of cyclic esters (lactones) is 1. The Labute approximate surface area is 608 Å². The van der Waals surface area contributed by atoms with Crippen molar-refractivity contribution in [1.82, 2.24) is 0 Å². The number of carbonyl (C=O) groups is 3. The first-order valence-corrected chi connectivity index (χ1v) is 37.3. The first-order valence-electron chi connectivity index (χ1n) is 37.3. The quantitative estimate of drug-likeness (QED) is 0.0184. The minimum absolute atomic E-state index is 0.0700. The molecule has 5 saturated carbocycles. The van der Waals surface area contributed by atoms with Crippen molar-refractivity contribution in [3.63, 3.8) is 0 Å². The molecule has 7 heterocycles. The topological polar surface area (TPSA) is 504 Å². The van der Waals surface area contributed by atoms with Crippen molar-refractivity contribution in [1.29, 1.82) is 0 Å². The Bertz CT molecular complexity index is 3110. The van der Waals surface area contributed by atoms with Crippen LogP contribution in [-0.2, 0) is 80.7 Å². The van der Waals surface area contributed by atoms with Gasteiger partial charge in [0, 0.05) is 11.5 Å². The molecule has 12 aliphatic rings. The lowest BCUT2D eigenvalue weighted by atomic mass is 9.42. The number of ether oxygens (including phenoxy) is 14. The number of hydrogen-bond donors (Lipinski definition) is 16. The van der Waals surface area contributed by atoms with Crippen LogP contribution in [0.2, 0.25) is 0 Å². The van der Waals surface area contributed by atoms with Gasteiger partial charge in [0.05, 0.1) is 38.1 Å². The third-order valence-electron chi connectivity index (χ3n) is 27.4. The monoisotopic (exact) mass is 1500 g/mol. The third-order valence-corrected chi connectivity index (χ3v) is 27.4. The number of allylic oxidation sites excluding steroid dienone is 3. The molecule has 0 aromatic carbocycles. The number of aliphatic carboxylic acids is 1. The van der Waals surface area contributed by atoms with Gasteiger partial charge in [-0.25, -0.2) is 4.79 Å². The van der Waals surface area contributed by atoms with Gasteiger partial charge < -0.3 is 148 Å². The molecule has 7 saturated heterocycles. The zero-order valence-corrected chi connectivity index (χ0v) is 60.9. The van der Waals surface area contributed by atoms with Gasteiger partial charge in [-0.2, -0.15) is 0 Å². The Balaban J connectivity index is 0.685. The average molecular weight is 1510 g/mol.